The van der Waals surface area contributed by atoms with Crippen molar-refractivity contribution < 1.29 is 0 Å². The van der Waals surface area contributed by atoms with Gasteiger partial charge in [-0.3, -0.25) is 0 Å². The molecule has 1 N–H and O–H groups in total. The topological polar surface area (TPSA) is 12.0 Å². The van der Waals surface area contributed by atoms with Gasteiger partial charge < -0.3 is 5.32 Å². The first-order chi connectivity index (χ1) is 10.6. The van der Waals surface area contributed by atoms with Gasteiger partial charge in [-0.2, -0.15) is 0 Å². The molecule has 3 rings (SSSR count). The predicted octanol–water partition coefficient (Wildman–Crippen LogP) is 6.56. The molecule has 1 atom stereocenters. The van der Waals surface area contributed by atoms with Crippen LogP contribution in [0, 0.1) is 0 Å². The second kappa shape index (κ2) is 7.52. The van der Waals surface area contributed by atoms with Crippen molar-refractivity contribution in [3.63, 3.8) is 0 Å². The van der Waals surface area contributed by atoms with E-state index >= 15 is 0 Å². The minimum absolute atomic E-state index is 0. The number of rotatable bonds is 4. The Morgan fingerprint density at radius 3 is 2.09 bits per heavy atom. The zero-order valence-electron chi connectivity index (χ0n) is 13.9. The normalized spacial score (nSPS) is 12.0. The molecule has 3 aromatic rings. The largest absolute Gasteiger partial charge is 0.378 e. The maximum Gasteiger partial charge on any atom is 0.0491 e. The van der Waals surface area contributed by atoms with E-state index in [9.17, 15) is 0 Å². The third kappa shape index (κ3) is 3.86. The van der Waals surface area contributed by atoms with Crippen LogP contribution in [0.1, 0.15) is 43.9 Å². The van der Waals surface area contributed by atoms with Gasteiger partial charge in [0.1, 0.15) is 0 Å². The summed E-state index contributed by atoms with van der Waals surface area (Å²) in [6.45, 7) is 6.67. The molecular weight excluding hydrogens is 302 g/mol. The molecule has 0 bridgehead atoms. The standard InChI is InChI=1S/C21H23N.ClH/c1-15(2)17-11-13-19(14-12-17)22-16(3)20-10-6-8-18-7-4-5-9-21(18)20;/h4-16,22H,1-3H3;1H/t16-;/m1./s1. The van der Waals surface area contributed by atoms with E-state index in [1.807, 2.05) is 0 Å². The van der Waals surface area contributed by atoms with Gasteiger partial charge in [-0.15, -0.1) is 12.4 Å². The average molecular weight is 326 g/mol. The number of fused-ring (bicyclic) bond motifs is 1. The highest BCUT2D eigenvalue weighted by molar-refractivity contribution is 5.86. The molecule has 3 aromatic carbocycles. The highest BCUT2D eigenvalue weighted by Gasteiger charge is 2.09. The van der Waals surface area contributed by atoms with E-state index in [1.54, 1.807) is 0 Å². The van der Waals surface area contributed by atoms with Crippen molar-refractivity contribution in [2.75, 3.05) is 5.32 Å². The van der Waals surface area contributed by atoms with E-state index in [0.717, 1.165) is 0 Å². The third-order valence-electron chi connectivity index (χ3n) is 4.25. The monoisotopic (exact) mass is 325 g/mol. The van der Waals surface area contributed by atoms with E-state index in [4.69, 9.17) is 0 Å². The third-order valence-corrected chi connectivity index (χ3v) is 4.25. The zero-order valence-corrected chi connectivity index (χ0v) is 14.7. The fourth-order valence-corrected chi connectivity index (χ4v) is 2.92. The Kier molecular flexibility index (Phi) is 5.68. The van der Waals surface area contributed by atoms with Gasteiger partial charge in [-0.1, -0.05) is 68.4 Å². The SMILES string of the molecule is CC(C)c1ccc(N[C@H](C)c2cccc3ccccc23)cc1.Cl. The summed E-state index contributed by atoms with van der Waals surface area (Å²) in [7, 11) is 0. The van der Waals surface area contributed by atoms with Crippen molar-refractivity contribution >= 4 is 28.9 Å². The first kappa shape index (κ1) is 17.4. The lowest BCUT2D eigenvalue weighted by atomic mass is 9.99. The van der Waals surface area contributed by atoms with Crippen LogP contribution in [-0.4, -0.2) is 0 Å². The summed E-state index contributed by atoms with van der Waals surface area (Å²) >= 11 is 0. The van der Waals surface area contributed by atoms with E-state index in [2.05, 4.69) is 92.8 Å². The summed E-state index contributed by atoms with van der Waals surface area (Å²) in [4.78, 5) is 0. The molecule has 0 saturated heterocycles. The number of hydrogen-bond donors (Lipinski definition) is 1. The smallest absolute Gasteiger partial charge is 0.0491 e. The summed E-state index contributed by atoms with van der Waals surface area (Å²) in [5.41, 5.74) is 3.89. The van der Waals surface area contributed by atoms with Crippen LogP contribution >= 0.6 is 12.4 Å². The minimum Gasteiger partial charge on any atom is -0.378 e. The molecule has 0 spiro atoms. The molecule has 2 heteroatoms. The van der Waals surface area contributed by atoms with E-state index in [-0.39, 0.29) is 18.4 Å². The van der Waals surface area contributed by atoms with Crippen LogP contribution < -0.4 is 5.32 Å². The summed E-state index contributed by atoms with van der Waals surface area (Å²) in [6.07, 6.45) is 0. The Bertz CT molecular complexity index is 757. The first-order valence-electron chi connectivity index (χ1n) is 7.99. The van der Waals surface area contributed by atoms with Crippen molar-refractivity contribution in [3.8, 4) is 0 Å². The summed E-state index contributed by atoms with van der Waals surface area (Å²) in [6, 6.07) is 24.1. The molecule has 120 valence electrons. The van der Waals surface area contributed by atoms with Crippen molar-refractivity contribution in [2.24, 2.45) is 0 Å². The maximum absolute atomic E-state index is 3.62. The van der Waals surface area contributed by atoms with Crippen molar-refractivity contribution in [1.29, 1.82) is 0 Å². The van der Waals surface area contributed by atoms with E-state index in [1.165, 1.54) is 27.6 Å². The summed E-state index contributed by atoms with van der Waals surface area (Å²) in [5, 5.41) is 6.23. The van der Waals surface area contributed by atoms with Gasteiger partial charge in [0, 0.05) is 11.7 Å². The number of anilines is 1. The van der Waals surface area contributed by atoms with E-state index in [0.29, 0.717) is 5.92 Å². The van der Waals surface area contributed by atoms with Crippen molar-refractivity contribution in [1.82, 2.24) is 0 Å². The van der Waals surface area contributed by atoms with Gasteiger partial charge >= 0.3 is 0 Å². The van der Waals surface area contributed by atoms with Crippen molar-refractivity contribution in [3.05, 3.63) is 77.9 Å². The molecule has 0 aromatic heterocycles. The molecule has 23 heavy (non-hydrogen) atoms. The lowest BCUT2D eigenvalue weighted by Crippen LogP contribution is -2.07. The van der Waals surface area contributed by atoms with Crippen LogP contribution in [0.15, 0.2) is 66.7 Å². The number of benzene rings is 3. The molecule has 0 aliphatic heterocycles. The molecule has 0 heterocycles. The Hall–Kier alpha value is -1.99. The van der Waals surface area contributed by atoms with Gasteiger partial charge in [0.15, 0.2) is 0 Å². The second-order valence-corrected chi connectivity index (χ2v) is 6.21. The number of nitrogens with one attached hydrogen (secondary N) is 1. The van der Waals surface area contributed by atoms with Crippen LogP contribution in [0.5, 0.6) is 0 Å². The average Bonchev–Trinajstić information content (AvgIpc) is 2.54. The molecule has 0 fully saturated rings. The van der Waals surface area contributed by atoms with Gasteiger partial charge in [-0.25, -0.2) is 0 Å². The first-order valence-corrected chi connectivity index (χ1v) is 7.99. The van der Waals surface area contributed by atoms with E-state index < -0.39 is 0 Å². The maximum atomic E-state index is 3.62. The fourth-order valence-electron chi connectivity index (χ4n) is 2.92. The van der Waals surface area contributed by atoms with Crippen LogP contribution in [0.25, 0.3) is 10.8 Å². The second-order valence-electron chi connectivity index (χ2n) is 6.21. The summed E-state index contributed by atoms with van der Waals surface area (Å²) in [5.74, 6) is 0.574. The Morgan fingerprint density at radius 1 is 0.739 bits per heavy atom. The van der Waals surface area contributed by atoms with Crippen LogP contribution in [0.2, 0.25) is 0 Å². The molecule has 0 radical (unpaired) electrons. The predicted molar refractivity (Wildman–Crippen MR) is 104 cm³/mol. The quantitative estimate of drug-likeness (QED) is 0.573. The molecular formula is C21H24ClN. The molecule has 0 aliphatic carbocycles. The number of hydrogen-bond acceptors (Lipinski definition) is 1. The molecule has 0 amide bonds. The van der Waals surface area contributed by atoms with Gasteiger partial charge in [0.05, 0.1) is 0 Å². The highest BCUT2D eigenvalue weighted by Crippen LogP contribution is 2.27. The number of halogens is 1. The van der Waals surface area contributed by atoms with Crippen LogP contribution in [0.4, 0.5) is 5.69 Å². The Morgan fingerprint density at radius 2 is 1.39 bits per heavy atom. The summed E-state index contributed by atoms with van der Waals surface area (Å²) < 4.78 is 0. The Balaban J connectivity index is 0.00000192. The van der Waals surface area contributed by atoms with Crippen LogP contribution in [-0.2, 0) is 0 Å². The van der Waals surface area contributed by atoms with Gasteiger partial charge in [0.2, 0.25) is 0 Å². The molecule has 0 unspecified atom stereocenters. The lowest BCUT2D eigenvalue weighted by molar-refractivity contribution is 0.864. The molecule has 0 aliphatic rings. The minimum atomic E-state index is 0. The van der Waals surface area contributed by atoms with Gasteiger partial charge in [-0.05, 0) is 46.9 Å². The Labute approximate surface area is 145 Å². The molecule has 1 nitrogen and oxygen atoms in total. The fraction of sp³-hybridized carbons (Fsp3) is 0.238. The lowest BCUT2D eigenvalue weighted by Gasteiger charge is -2.18. The molecule has 0 saturated carbocycles. The van der Waals surface area contributed by atoms with Crippen LogP contribution in [0.3, 0.4) is 0 Å². The van der Waals surface area contributed by atoms with Crippen molar-refractivity contribution in [2.45, 2.75) is 32.7 Å². The highest BCUT2D eigenvalue weighted by atomic mass is 35.5. The zero-order chi connectivity index (χ0) is 15.5. The van der Waals surface area contributed by atoms with Gasteiger partial charge in [0.25, 0.3) is 0 Å².